The van der Waals surface area contributed by atoms with Crippen molar-refractivity contribution in [2.45, 2.75) is 26.9 Å². The average molecular weight is 207 g/mol. The van der Waals surface area contributed by atoms with Gasteiger partial charge >= 0.3 is 0 Å². The van der Waals surface area contributed by atoms with Crippen molar-refractivity contribution in [3.8, 4) is 0 Å². The molecule has 0 N–H and O–H groups in total. The minimum absolute atomic E-state index is 0.118. The fourth-order valence-electron chi connectivity index (χ4n) is 0.493. The molecule has 0 heterocycles. The summed E-state index contributed by atoms with van der Waals surface area (Å²) < 4.78 is 5.68. The van der Waals surface area contributed by atoms with Crippen molar-refractivity contribution in [1.29, 1.82) is 0 Å². The number of ether oxygens (including phenoxy) is 1. The van der Waals surface area contributed by atoms with Crippen LogP contribution in [-0.4, -0.2) is 12.4 Å². The lowest BCUT2D eigenvalue weighted by Gasteiger charge is -2.09. The molecular weight excluding hydrogens is 196 g/mol. The number of hydrogen-bond donors (Lipinski definition) is 0. The van der Waals surface area contributed by atoms with Gasteiger partial charge in [0.15, 0.2) is 6.29 Å². The molecule has 58 valence electrons. The van der Waals surface area contributed by atoms with Crippen molar-refractivity contribution in [2.24, 2.45) is 0 Å². The molecule has 0 aromatic rings. The summed E-state index contributed by atoms with van der Waals surface area (Å²) in [5, 5.41) is 0. The zero-order chi connectivity index (χ0) is 8.15. The van der Waals surface area contributed by atoms with E-state index in [-0.39, 0.29) is 6.10 Å². The molecule has 0 aliphatic carbocycles. The Kier molecular flexibility index (Phi) is 4.36. The van der Waals surface area contributed by atoms with Crippen molar-refractivity contribution in [3.05, 3.63) is 10.2 Å². The molecule has 3 heteroatoms. The van der Waals surface area contributed by atoms with E-state index in [4.69, 9.17) is 4.74 Å². The number of aldehydes is 1. The van der Waals surface area contributed by atoms with Crippen molar-refractivity contribution in [1.82, 2.24) is 0 Å². The Hall–Kier alpha value is -0.310. The molecule has 0 rings (SSSR count). The van der Waals surface area contributed by atoms with Crippen LogP contribution < -0.4 is 0 Å². The van der Waals surface area contributed by atoms with Crippen LogP contribution in [0.3, 0.4) is 0 Å². The first kappa shape index (κ1) is 9.69. The maximum Gasteiger partial charge on any atom is 0.160 e. The number of hydrogen-bond acceptors (Lipinski definition) is 2. The lowest BCUT2D eigenvalue weighted by atomic mass is 10.4. The lowest BCUT2D eigenvalue weighted by molar-refractivity contribution is -0.104. The summed E-state index contributed by atoms with van der Waals surface area (Å²) in [4.78, 5) is 10.1. The first-order valence-electron chi connectivity index (χ1n) is 3.06. The Bertz CT molecular complexity index is 150. The monoisotopic (exact) mass is 206 g/mol. The summed E-state index contributed by atoms with van der Waals surface area (Å²) in [5.41, 5.74) is 0. The number of carbonyl (C=O) groups is 1. The highest BCUT2D eigenvalue weighted by Gasteiger charge is 1.99. The molecule has 0 saturated heterocycles. The van der Waals surface area contributed by atoms with Crippen molar-refractivity contribution in [2.75, 3.05) is 0 Å². The third kappa shape index (κ3) is 3.67. The van der Waals surface area contributed by atoms with Gasteiger partial charge in [0.1, 0.15) is 5.76 Å². The molecule has 0 amide bonds. The number of carbonyl (C=O) groups excluding carboxylic acids is 1. The first-order chi connectivity index (χ1) is 4.57. The zero-order valence-electron chi connectivity index (χ0n) is 6.35. The standard InChI is InChI=1S/C7H11BrO2/c1-5(2)10-6(3)7(8)4-9/h4-5H,1-3H3. The third-order valence-corrected chi connectivity index (χ3v) is 1.60. The van der Waals surface area contributed by atoms with Crippen molar-refractivity contribution < 1.29 is 9.53 Å². The van der Waals surface area contributed by atoms with Crippen LogP contribution in [0.2, 0.25) is 0 Å². The Morgan fingerprint density at radius 1 is 1.60 bits per heavy atom. The Morgan fingerprint density at radius 2 is 2.10 bits per heavy atom. The van der Waals surface area contributed by atoms with Gasteiger partial charge in [-0.3, -0.25) is 4.79 Å². The highest BCUT2D eigenvalue weighted by molar-refractivity contribution is 9.12. The van der Waals surface area contributed by atoms with E-state index in [1.807, 2.05) is 13.8 Å². The topological polar surface area (TPSA) is 26.3 Å². The van der Waals surface area contributed by atoms with E-state index in [0.29, 0.717) is 10.2 Å². The van der Waals surface area contributed by atoms with Gasteiger partial charge in [-0.05, 0) is 36.7 Å². The summed E-state index contributed by atoms with van der Waals surface area (Å²) >= 11 is 3.06. The normalized spacial score (nSPS) is 12.9. The van der Waals surface area contributed by atoms with Crippen LogP contribution in [0.15, 0.2) is 10.2 Å². The predicted molar refractivity (Wildman–Crippen MR) is 43.9 cm³/mol. The predicted octanol–water partition coefficient (Wildman–Crippen LogP) is 2.24. The second-order valence-corrected chi connectivity index (χ2v) is 3.04. The van der Waals surface area contributed by atoms with E-state index in [1.54, 1.807) is 6.92 Å². The molecular formula is C7H11BrO2. The van der Waals surface area contributed by atoms with Crippen LogP contribution in [0.5, 0.6) is 0 Å². The smallest absolute Gasteiger partial charge is 0.160 e. The van der Waals surface area contributed by atoms with E-state index in [1.165, 1.54) is 0 Å². The van der Waals surface area contributed by atoms with Gasteiger partial charge in [0.2, 0.25) is 0 Å². The molecule has 0 bridgehead atoms. The SMILES string of the molecule is CC(OC(C)C)=C(Br)C=O. The van der Waals surface area contributed by atoms with Crippen molar-refractivity contribution >= 4 is 22.2 Å². The largest absolute Gasteiger partial charge is 0.494 e. The van der Waals surface area contributed by atoms with E-state index in [0.717, 1.165) is 6.29 Å². The zero-order valence-corrected chi connectivity index (χ0v) is 7.94. The van der Waals surface area contributed by atoms with Crippen LogP contribution in [0.1, 0.15) is 20.8 Å². The molecule has 0 saturated carbocycles. The number of halogens is 1. The van der Waals surface area contributed by atoms with E-state index in [2.05, 4.69) is 15.9 Å². The van der Waals surface area contributed by atoms with Gasteiger partial charge in [0.25, 0.3) is 0 Å². The minimum Gasteiger partial charge on any atom is -0.494 e. The number of rotatable bonds is 3. The van der Waals surface area contributed by atoms with Gasteiger partial charge < -0.3 is 4.74 Å². The maximum absolute atomic E-state index is 10.1. The Morgan fingerprint density at radius 3 is 2.40 bits per heavy atom. The first-order valence-corrected chi connectivity index (χ1v) is 3.85. The second kappa shape index (κ2) is 4.50. The molecule has 0 unspecified atom stereocenters. The molecule has 0 aromatic carbocycles. The van der Waals surface area contributed by atoms with Gasteiger partial charge in [-0.15, -0.1) is 0 Å². The third-order valence-electron chi connectivity index (χ3n) is 0.852. The summed E-state index contributed by atoms with van der Waals surface area (Å²) in [6.07, 6.45) is 0.838. The van der Waals surface area contributed by atoms with Crippen molar-refractivity contribution in [3.63, 3.8) is 0 Å². The van der Waals surface area contributed by atoms with E-state index >= 15 is 0 Å². The van der Waals surface area contributed by atoms with Gasteiger partial charge in [-0.2, -0.15) is 0 Å². The van der Waals surface area contributed by atoms with Gasteiger partial charge in [-0.1, -0.05) is 0 Å². The highest BCUT2D eigenvalue weighted by Crippen LogP contribution is 2.11. The molecule has 10 heavy (non-hydrogen) atoms. The molecule has 0 atom stereocenters. The van der Waals surface area contributed by atoms with Crippen LogP contribution >= 0.6 is 15.9 Å². The Labute approximate surface area is 69.4 Å². The van der Waals surface area contributed by atoms with Gasteiger partial charge in [0, 0.05) is 0 Å². The average Bonchev–Trinajstić information content (AvgIpc) is 1.85. The van der Waals surface area contributed by atoms with E-state index < -0.39 is 0 Å². The summed E-state index contributed by atoms with van der Waals surface area (Å²) in [6, 6.07) is 0. The summed E-state index contributed by atoms with van der Waals surface area (Å²) in [7, 11) is 0. The Balaban J connectivity index is 4.04. The van der Waals surface area contributed by atoms with Crippen LogP contribution in [0, 0.1) is 0 Å². The molecule has 2 nitrogen and oxygen atoms in total. The fraction of sp³-hybridized carbons (Fsp3) is 0.571. The fourth-order valence-corrected chi connectivity index (χ4v) is 0.586. The molecule has 0 aromatic heterocycles. The summed E-state index contributed by atoms with van der Waals surface area (Å²) in [6.45, 7) is 5.57. The van der Waals surface area contributed by atoms with Gasteiger partial charge in [-0.25, -0.2) is 0 Å². The molecule has 0 spiro atoms. The molecule has 0 aliphatic heterocycles. The quantitative estimate of drug-likeness (QED) is 0.403. The lowest BCUT2D eigenvalue weighted by Crippen LogP contribution is -2.01. The van der Waals surface area contributed by atoms with Crippen LogP contribution in [0.4, 0.5) is 0 Å². The highest BCUT2D eigenvalue weighted by atomic mass is 79.9. The molecule has 0 radical (unpaired) electrons. The summed E-state index contributed by atoms with van der Waals surface area (Å²) in [5.74, 6) is 0.630. The van der Waals surface area contributed by atoms with Crippen LogP contribution in [0.25, 0.3) is 0 Å². The van der Waals surface area contributed by atoms with Gasteiger partial charge in [0.05, 0.1) is 10.6 Å². The molecule has 0 fully saturated rings. The van der Waals surface area contributed by atoms with Crippen LogP contribution in [-0.2, 0) is 9.53 Å². The van der Waals surface area contributed by atoms with E-state index in [9.17, 15) is 4.79 Å². The minimum atomic E-state index is 0.118. The second-order valence-electron chi connectivity index (χ2n) is 2.19. The number of allylic oxidation sites excluding steroid dienone is 2. The molecule has 0 aliphatic rings. The maximum atomic E-state index is 10.1.